The summed E-state index contributed by atoms with van der Waals surface area (Å²) in [5.74, 6) is -7.00. The third kappa shape index (κ3) is 6.84. The maximum atomic E-state index is 11.6. The van der Waals surface area contributed by atoms with Crippen LogP contribution in [-0.2, 0) is 9.59 Å². The third-order valence-electron chi connectivity index (χ3n) is 1.07. The first-order valence-corrected chi connectivity index (χ1v) is 4.60. The summed E-state index contributed by atoms with van der Waals surface area (Å²) in [5.41, 5.74) is 0. The molecule has 0 aromatic carbocycles. The molecule has 0 fully saturated rings. The molecule has 0 aromatic rings. The van der Waals surface area contributed by atoms with E-state index in [9.17, 15) is 14.0 Å². The van der Waals surface area contributed by atoms with Crippen LogP contribution >= 0.6 is 22.6 Å². The second kappa shape index (κ2) is 6.90. The number of carboxylic acids is 2. The van der Waals surface area contributed by atoms with E-state index in [4.69, 9.17) is 30.6 Å². The van der Waals surface area contributed by atoms with Gasteiger partial charge in [-0.15, -0.1) is 0 Å². The van der Waals surface area contributed by atoms with Gasteiger partial charge >= 0.3 is 17.8 Å². The number of hydrogen-bond acceptors (Lipinski definition) is 6. The van der Waals surface area contributed by atoms with E-state index in [0.717, 1.165) is 0 Å². The van der Waals surface area contributed by atoms with Gasteiger partial charge in [-0.05, 0) is 22.6 Å². The number of carbonyl (C=O) groups is 2. The molecule has 6 N–H and O–H groups in total. The zero-order chi connectivity index (χ0) is 13.6. The summed E-state index contributed by atoms with van der Waals surface area (Å²) in [6.07, 6.45) is 0. The third-order valence-corrected chi connectivity index (χ3v) is 1.88. The van der Waals surface area contributed by atoms with Gasteiger partial charge in [-0.25, -0.2) is 9.59 Å². The molecule has 0 aliphatic heterocycles. The molecule has 10 heteroatoms. The van der Waals surface area contributed by atoms with E-state index in [1.165, 1.54) is 22.6 Å². The van der Waals surface area contributed by atoms with Crippen LogP contribution in [0.3, 0.4) is 0 Å². The van der Waals surface area contributed by atoms with Gasteiger partial charge in [-0.3, -0.25) is 0 Å². The Bertz CT molecular complexity index is 227. The Morgan fingerprint density at radius 2 is 1.44 bits per heavy atom. The molecule has 0 aliphatic rings. The smallest absolute Gasteiger partial charge is 0.371 e. The molecule has 16 heavy (non-hydrogen) atoms. The Morgan fingerprint density at radius 1 is 1.06 bits per heavy atom. The van der Waals surface area contributed by atoms with Gasteiger partial charge in [0.05, 0.1) is 6.61 Å². The number of carboxylic acid groups (broad SMARTS) is 2. The van der Waals surface area contributed by atoms with Crippen LogP contribution in [0.25, 0.3) is 0 Å². The van der Waals surface area contributed by atoms with Crippen molar-refractivity contribution >= 4 is 34.5 Å². The van der Waals surface area contributed by atoms with Crippen LogP contribution in [0.2, 0.25) is 0 Å². The summed E-state index contributed by atoms with van der Waals surface area (Å²) < 4.78 is 9.63. The van der Waals surface area contributed by atoms with Gasteiger partial charge in [0.2, 0.25) is 3.61 Å². The van der Waals surface area contributed by atoms with Gasteiger partial charge in [0.1, 0.15) is 6.61 Å². The molecule has 2 unspecified atom stereocenters. The lowest BCUT2D eigenvalue weighted by Gasteiger charge is -2.09. The number of aliphatic hydroxyl groups excluding tert-OH is 2. The van der Waals surface area contributed by atoms with Gasteiger partial charge in [0, 0.05) is 0 Å². The van der Waals surface area contributed by atoms with Crippen molar-refractivity contribution in [2.75, 3.05) is 13.2 Å². The van der Waals surface area contributed by atoms with E-state index < -0.39 is 34.6 Å². The lowest BCUT2D eigenvalue weighted by molar-refractivity contribution is -0.188. The number of alkyl halides is 2. The minimum atomic E-state index is -3.49. The number of aliphatic hydroxyl groups is 4. The Labute approximate surface area is 102 Å². The molecular formula is C6H10FIO8. The van der Waals surface area contributed by atoms with E-state index in [0.29, 0.717) is 0 Å². The molecule has 0 rings (SSSR count). The first-order valence-electron chi connectivity index (χ1n) is 3.52. The molecule has 2 atom stereocenters. The Balaban J connectivity index is 0. The van der Waals surface area contributed by atoms with Crippen LogP contribution in [0, 0.1) is 0 Å². The van der Waals surface area contributed by atoms with Crippen molar-refractivity contribution in [2.24, 2.45) is 0 Å². The van der Waals surface area contributed by atoms with Crippen LogP contribution in [0.15, 0.2) is 0 Å². The molecule has 0 spiro atoms. The Morgan fingerprint density at radius 3 is 1.44 bits per heavy atom. The van der Waals surface area contributed by atoms with Crippen molar-refractivity contribution in [3.63, 3.8) is 0 Å². The Hall–Kier alpha value is -0.560. The average molecular weight is 356 g/mol. The second-order valence-corrected chi connectivity index (χ2v) is 4.23. The molecule has 0 saturated heterocycles. The fourth-order valence-electron chi connectivity index (χ4n) is 0.135. The molecule has 0 radical (unpaired) electrons. The molecule has 0 aliphatic carbocycles. The highest BCUT2D eigenvalue weighted by Crippen LogP contribution is 2.12. The minimum Gasteiger partial charge on any atom is -0.478 e. The number of aliphatic carboxylic acids is 2. The molecule has 96 valence electrons. The monoisotopic (exact) mass is 356 g/mol. The normalized spacial score (nSPS) is 17.4. The van der Waals surface area contributed by atoms with Crippen molar-refractivity contribution in [1.29, 1.82) is 0 Å². The van der Waals surface area contributed by atoms with E-state index in [-0.39, 0.29) is 0 Å². The van der Waals surface area contributed by atoms with E-state index in [1.807, 2.05) is 0 Å². The highest BCUT2D eigenvalue weighted by Gasteiger charge is 2.34. The SMILES string of the molecule is O=C(O)C(O)(F)CO.O=C(O)C(O)(I)CO. The van der Waals surface area contributed by atoms with Gasteiger partial charge in [0.15, 0.2) is 0 Å². The molecule has 0 bridgehead atoms. The summed E-state index contributed by atoms with van der Waals surface area (Å²) in [5, 5.41) is 48.0. The van der Waals surface area contributed by atoms with Gasteiger partial charge < -0.3 is 30.6 Å². The highest BCUT2D eigenvalue weighted by molar-refractivity contribution is 14.1. The van der Waals surface area contributed by atoms with Gasteiger partial charge in [0.25, 0.3) is 0 Å². The molecule has 0 amide bonds. The maximum Gasteiger partial charge on any atom is 0.371 e. The summed E-state index contributed by atoms with van der Waals surface area (Å²) in [6.45, 7) is -2.20. The molecular weight excluding hydrogens is 346 g/mol. The minimum absolute atomic E-state index is 0.775. The number of hydrogen-bond donors (Lipinski definition) is 6. The lowest BCUT2D eigenvalue weighted by atomic mass is 10.3. The van der Waals surface area contributed by atoms with Crippen LogP contribution in [0.5, 0.6) is 0 Å². The van der Waals surface area contributed by atoms with E-state index >= 15 is 0 Å². The zero-order valence-electron chi connectivity index (χ0n) is 7.67. The predicted molar refractivity (Wildman–Crippen MR) is 54.5 cm³/mol. The van der Waals surface area contributed by atoms with Crippen molar-refractivity contribution in [3.05, 3.63) is 0 Å². The topological polar surface area (TPSA) is 156 Å². The lowest BCUT2D eigenvalue weighted by Crippen LogP contribution is -2.36. The highest BCUT2D eigenvalue weighted by atomic mass is 127. The summed E-state index contributed by atoms with van der Waals surface area (Å²) in [4.78, 5) is 19.3. The van der Waals surface area contributed by atoms with Crippen LogP contribution < -0.4 is 0 Å². The van der Waals surface area contributed by atoms with Crippen molar-refractivity contribution in [1.82, 2.24) is 0 Å². The zero-order valence-corrected chi connectivity index (χ0v) is 9.83. The number of halogens is 2. The van der Waals surface area contributed by atoms with Crippen molar-refractivity contribution < 1.29 is 44.6 Å². The van der Waals surface area contributed by atoms with Gasteiger partial charge in [-0.1, -0.05) is 0 Å². The summed E-state index contributed by atoms with van der Waals surface area (Å²) in [7, 11) is 0. The van der Waals surface area contributed by atoms with Gasteiger partial charge in [-0.2, -0.15) is 4.39 Å². The molecule has 8 nitrogen and oxygen atoms in total. The largest absolute Gasteiger partial charge is 0.478 e. The van der Waals surface area contributed by atoms with Crippen molar-refractivity contribution in [3.8, 4) is 0 Å². The van der Waals surface area contributed by atoms with Crippen LogP contribution in [-0.4, -0.2) is 65.3 Å². The number of rotatable bonds is 4. The van der Waals surface area contributed by atoms with E-state index in [2.05, 4.69) is 0 Å². The first-order chi connectivity index (χ1) is 7.01. The second-order valence-electron chi connectivity index (χ2n) is 2.45. The maximum absolute atomic E-state index is 11.6. The predicted octanol–water partition coefficient (Wildman–Crippen LogP) is -2.09. The quantitative estimate of drug-likeness (QED) is 0.247. The first kappa shape index (κ1) is 17.8. The molecule has 0 heterocycles. The summed E-state index contributed by atoms with van der Waals surface area (Å²) in [6, 6.07) is 0. The van der Waals surface area contributed by atoms with Crippen LogP contribution in [0.4, 0.5) is 4.39 Å². The summed E-state index contributed by atoms with van der Waals surface area (Å²) >= 11 is 1.24. The fourth-order valence-corrected chi connectivity index (χ4v) is 0.135. The van der Waals surface area contributed by atoms with E-state index in [1.54, 1.807) is 0 Å². The van der Waals surface area contributed by atoms with Crippen molar-refractivity contribution in [2.45, 2.75) is 9.46 Å². The van der Waals surface area contributed by atoms with Crippen LogP contribution in [0.1, 0.15) is 0 Å². The standard InChI is InChI=1S/C3H5FO4.C3H5IO4/c2*4-3(8,1-5)2(6)7/h2*5,8H,1H2,(H,6,7). The molecule has 0 saturated carbocycles. The Kier molecular flexibility index (Phi) is 7.69. The molecule has 0 aromatic heterocycles. The fraction of sp³-hybridized carbons (Fsp3) is 0.667. The average Bonchev–Trinajstić information content (AvgIpc) is 2.18.